The molecule has 2 aromatic carbocycles. The number of hydrogen-bond acceptors (Lipinski definition) is 8. The lowest BCUT2D eigenvalue weighted by Gasteiger charge is -2.33. The number of aromatic nitrogens is 2. The molecule has 0 spiro atoms. The number of rotatable bonds is 9. The first kappa shape index (κ1) is 27.6. The van der Waals surface area contributed by atoms with Gasteiger partial charge in [0.2, 0.25) is 5.91 Å². The van der Waals surface area contributed by atoms with Gasteiger partial charge in [-0.15, -0.1) is 0 Å². The number of nitrogens with one attached hydrogen (secondary N) is 1. The van der Waals surface area contributed by atoms with Gasteiger partial charge in [-0.25, -0.2) is 9.78 Å². The predicted octanol–water partition coefficient (Wildman–Crippen LogP) is 4.12. The zero-order valence-corrected chi connectivity index (χ0v) is 22.3. The number of amides is 2. The van der Waals surface area contributed by atoms with Crippen LogP contribution in [0.5, 0.6) is 11.5 Å². The Morgan fingerprint density at radius 1 is 0.949 bits per heavy atom. The molecule has 10 heteroatoms. The van der Waals surface area contributed by atoms with E-state index in [1.807, 2.05) is 0 Å². The van der Waals surface area contributed by atoms with Crippen molar-refractivity contribution in [2.75, 3.05) is 26.2 Å². The Balaban J connectivity index is 1.88. The third-order valence-corrected chi connectivity index (χ3v) is 6.73. The van der Waals surface area contributed by atoms with Gasteiger partial charge in [0.05, 0.1) is 33.1 Å². The Bertz CT molecular complexity index is 1310. The SMILES string of the molecule is COC(=O)c1cccc(N(C(=O)c2cnccn2)C(C(=O)NC2CCCCC2)c2ccc(OC)c(OC)c2)c1. The summed E-state index contributed by atoms with van der Waals surface area (Å²) in [6.07, 6.45) is 9.10. The second-order valence-corrected chi connectivity index (χ2v) is 9.17. The van der Waals surface area contributed by atoms with Gasteiger partial charge in [0.25, 0.3) is 5.91 Å². The predicted molar refractivity (Wildman–Crippen MR) is 144 cm³/mol. The Morgan fingerprint density at radius 3 is 2.38 bits per heavy atom. The van der Waals surface area contributed by atoms with E-state index >= 15 is 0 Å². The van der Waals surface area contributed by atoms with Crippen LogP contribution in [-0.2, 0) is 9.53 Å². The minimum Gasteiger partial charge on any atom is -0.493 e. The highest BCUT2D eigenvalue weighted by Gasteiger charge is 2.36. The molecule has 3 aromatic rings. The number of carbonyl (C=O) groups is 3. The number of nitrogens with zero attached hydrogens (tertiary/aromatic N) is 3. The van der Waals surface area contributed by atoms with E-state index in [0.29, 0.717) is 22.7 Å². The van der Waals surface area contributed by atoms with Gasteiger partial charge in [0.15, 0.2) is 11.5 Å². The first-order valence-electron chi connectivity index (χ1n) is 12.8. The summed E-state index contributed by atoms with van der Waals surface area (Å²) in [5.41, 5.74) is 1.07. The van der Waals surface area contributed by atoms with Crippen LogP contribution in [0.15, 0.2) is 61.1 Å². The number of hydrogen-bond donors (Lipinski definition) is 1. The monoisotopic (exact) mass is 532 g/mol. The second-order valence-electron chi connectivity index (χ2n) is 9.17. The van der Waals surface area contributed by atoms with Crippen molar-refractivity contribution in [3.05, 3.63) is 77.9 Å². The fourth-order valence-corrected chi connectivity index (χ4v) is 4.78. The third-order valence-electron chi connectivity index (χ3n) is 6.73. The summed E-state index contributed by atoms with van der Waals surface area (Å²) < 4.78 is 15.8. The standard InChI is InChI=1S/C29H32N4O6/c1-37-24-13-12-19(17-25(24)38-2)26(27(34)32-21-9-5-4-6-10-21)33(28(35)23-18-30-14-15-31-23)22-11-7-8-20(16-22)29(36)39-3/h7-8,11-18,21,26H,4-6,9-10H2,1-3H3,(H,32,34). The van der Waals surface area contributed by atoms with E-state index in [4.69, 9.17) is 14.2 Å². The van der Waals surface area contributed by atoms with E-state index in [1.54, 1.807) is 36.4 Å². The van der Waals surface area contributed by atoms with E-state index < -0.39 is 17.9 Å². The van der Waals surface area contributed by atoms with E-state index in [1.165, 1.54) is 50.9 Å². The lowest BCUT2D eigenvalue weighted by Crippen LogP contribution is -2.47. The number of carbonyl (C=O) groups excluding carboxylic acids is 3. The highest BCUT2D eigenvalue weighted by atomic mass is 16.5. The van der Waals surface area contributed by atoms with Crippen molar-refractivity contribution in [3.63, 3.8) is 0 Å². The van der Waals surface area contributed by atoms with Crippen LogP contribution in [0.1, 0.15) is 64.6 Å². The van der Waals surface area contributed by atoms with Gasteiger partial charge in [-0.05, 0) is 48.7 Å². The molecule has 1 atom stereocenters. The summed E-state index contributed by atoms with van der Waals surface area (Å²) in [5.74, 6) is -0.621. The van der Waals surface area contributed by atoms with Crippen LogP contribution in [0.3, 0.4) is 0 Å². The number of methoxy groups -OCH3 is 3. The molecule has 0 radical (unpaired) electrons. The fraction of sp³-hybridized carbons (Fsp3) is 0.345. The maximum Gasteiger partial charge on any atom is 0.337 e. The van der Waals surface area contributed by atoms with Gasteiger partial charge in [0, 0.05) is 24.1 Å². The zero-order chi connectivity index (χ0) is 27.8. The normalized spacial score (nSPS) is 14.1. The van der Waals surface area contributed by atoms with Crippen LogP contribution in [0.2, 0.25) is 0 Å². The van der Waals surface area contributed by atoms with Gasteiger partial charge < -0.3 is 19.5 Å². The molecule has 39 heavy (non-hydrogen) atoms. The molecule has 0 bridgehead atoms. The number of benzene rings is 2. The summed E-state index contributed by atoms with van der Waals surface area (Å²) in [6, 6.07) is 10.3. The number of esters is 1. The lowest BCUT2D eigenvalue weighted by molar-refractivity contribution is -0.123. The van der Waals surface area contributed by atoms with E-state index in [0.717, 1.165) is 32.1 Å². The Kier molecular flexibility index (Phi) is 9.09. The van der Waals surface area contributed by atoms with Crippen molar-refractivity contribution in [1.82, 2.24) is 15.3 Å². The molecule has 1 aliphatic carbocycles. The Morgan fingerprint density at radius 2 is 1.72 bits per heavy atom. The van der Waals surface area contributed by atoms with Crippen molar-refractivity contribution in [2.24, 2.45) is 0 Å². The Labute approximate surface area is 227 Å². The highest BCUT2D eigenvalue weighted by molar-refractivity contribution is 6.09. The van der Waals surface area contributed by atoms with Crippen molar-refractivity contribution in [3.8, 4) is 11.5 Å². The molecule has 0 aliphatic heterocycles. The quantitative estimate of drug-likeness (QED) is 0.409. The molecule has 204 valence electrons. The number of anilines is 1. The molecule has 1 aliphatic rings. The molecule has 2 amide bonds. The van der Waals surface area contributed by atoms with Crippen LogP contribution < -0.4 is 19.7 Å². The molecular weight excluding hydrogens is 500 g/mol. The van der Waals surface area contributed by atoms with Gasteiger partial charge in [-0.2, -0.15) is 0 Å². The minimum absolute atomic E-state index is 0.0104. The Hall–Kier alpha value is -4.47. The van der Waals surface area contributed by atoms with Crippen molar-refractivity contribution in [1.29, 1.82) is 0 Å². The average molecular weight is 533 g/mol. The summed E-state index contributed by atoms with van der Waals surface area (Å²) in [6.45, 7) is 0. The van der Waals surface area contributed by atoms with Gasteiger partial charge in [0.1, 0.15) is 11.7 Å². The molecule has 1 N–H and O–H groups in total. The smallest absolute Gasteiger partial charge is 0.337 e. The zero-order valence-electron chi connectivity index (χ0n) is 22.3. The molecule has 1 unspecified atom stereocenters. The molecule has 1 saturated carbocycles. The van der Waals surface area contributed by atoms with Crippen molar-refractivity contribution < 1.29 is 28.6 Å². The van der Waals surface area contributed by atoms with Crippen molar-refractivity contribution >= 4 is 23.5 Å². The summed E-state index contributed by atoms with van der Waals surface area (Å²) in [4.78, 5) is 50.1. The van der Waals surface area contributed by atoms with Gasteiger partial charge >= 0.3 is 5.97 Å². The van der Waals surface area contributed by atoms with Crippen LogP contribution >= 0.6 is 0 Å². The maximum absolute atomic E-state index is 14.1. The highest BCUT2D eigenvalue weighted by Crippen LogP contribution is 2.36. The lowest BCUT2D eigenvalue weighted by atomic mass is 9.94. The summed E-state index contributed by atoms with van der Waals surface area (Å²) >= 11 is 0. The molecule has 0 saturated heterocycles. The molecular formula is C29H32N4O6. The van der Waals surface area contributed by atoms with Crippen LogP contribution in [0.25, 0.3) is 0 Å². The number of ether oxygens (including phenoxy) is 3. The largest absolute Gasteiger partial charge is 0.493 e. The topological polar surface area (TPSA) is 120 Å². The summed E-state index contributed by atoms with van der Waals surface area (Å²) in [5, 5.41) is 3.16. The van der Waals surface area contributed by atoms with E-state index in [-0.39, 0.29) is 23.2 Å². The molecule has 4 rings (SSSR count). The fourth-order valence-electron chi connectivity index (χ4n) is 4.78. The van der Waals surface area contributed by atoms with Gasteiger partial charge in [-0.1, -0.05) is 31.4 Å². The van der Waals surface area contributed by atoms with Crippen molar-refractivity contribution in [2.45, 2.75) is 44.2 Å². The third kappa shape index (κ3) is 6.34. The van der Waals surface area contributed by atoms with Crippen LogP contribution in [0, 0.1) is 0 Å². The van der Waals surface area contributed by atoms with E-state index in [9.17, 15) is 14.4 Å². The maximum atomic E-state index is 14.1. The second kappa shape index (κ2) is 12.9. The molecule has 10 nitrogen and oxygen atoms in total. The summed E-state index contributed by atoms with van der Waals surface area (Å²) in [7, 11) is 4.30. The van der Waals surface area contributed by atoms with Crippen LogP contribution in [-0.4, -0.2) is 55.1 Å². The average Bonchev–Trinajstić information content (AvgIpc) is 2.99. The minimum atomic E-state index is -1.13. The first-order chi connectivity index (χ1) is 19.0. The molecule has 1 fully saturated rings. The van der Waals surface area contributed by atoms with Crippen LogP contribution in [0.4, 0.5) is 5.69 Å². The molecule has 1 heterocycles. The van der Waals surface area contributed by atoms with E-state index in [2.05, 4.69) is 15.3 Å². The molecule has 1 aromatic heterocycles. The van der Waals surface area contributed by atoms with Gasteiger partial charge in [-0.3, -0.25) is 19.5 Å². The first-order valence-corrected chi connectivity index (χ1v) is 12.8.